The molecule has 2 aliphatic rings. The van der Waals surface area contributed by atoms with Crippen LogP contribution >= 0.6 is 0 Å². The Balaban J connectivity index is 1.19. The predicted octanol–water partition coefficient (Wildman–Crippen LogP) is 4.93. The van der Waals surface area contributed by atoms with Crippen LogP contribution in [0.15, 0.2) is 65.2 Å². The number of benzene rings is 3. The van der Waals surface area contributed by atoms with Gasteiger partial charge in [-0.05, 0) is 60.7 Å². The molecule has 1 aromatic heterocycles. The first kappa shape index (κ1) is 21.4. The van der Waals surface area contributed by atoms with Crippen LogP contribution in [0.4, 0.5) is 5.88 Å². The number of phenolic OH excluding ortho intramolecular Hbond substituents is 1. The van der Waals surface area contributed by atoms with Gasteiger partial charge in [-0.25, -0.2) is 0 Å². The standard InChI is InChI=1S/C28H25N3O4/c32-26-21-8-2-1-5-18(21)12-13-22(26)28(34)31-14-4-9-24(31)27(33)29-25-16-23(30-35-25)20-11-10-17-6-3-7-19(17)15-20/h1-2,5,8,10-13,15-16,24,32H,3-4,6-7,9,14H2,(H,29,33). The van der Waals surface area contributed by atoms with E-state index in [1.165, 1.54) is 22.4 Å². The van der Waals surface area contributed by atoms with Gasteiger partial charge in [-0.2, -0.15) is 0 Å². The molecule has 3 aromatic carbocycles. The summed E-state index contributed by atoms with van der Waals surface area (Å²) in [6.45, 7) is 0.444. The molecule has 1 unspecified atom stereocenters. The molecule has 6 rings (SSSR count). The van der Waals surface area contributed by atoms with E-state index in [0.717, 1.165) is 23.8 Å². The van der Waals surface area contributed by atoms with E-state index >= 15 is 0 Å². The molecule has 1 atom stereocenters. The molecule has 2 N–H and O–H groups in total. The minimum atomic E-state index is -0.651. The Labute approximate surface area is 202 Å². The first-order chi connectivity index (χ1) is 17.1. The van der Waals surface area contributed by atoms with Gasteiger partial charge >= 0.3 is 0 Å². The third kappa shape index (κ3) is 3.83. The SMILES string of the molecule is O=C(Nc1cc(-c2ccc3c(c2)CCC3)no1)C1CCCN1C(=O)c1ccc2ccccc2c1O. The summed E-state index contributed by atoms with van der Waals surface area (Å²) < 4.78 is 5.39. The molecule has 2 amide bonds. The molecule has 0 radical (unpaired) electrons. The smallest absolute Gasteiger partial charge is 0.258 e. The van der Waals surface area contributed by atoms with Crippen molar-refractivity contribution in [2.75, 3.05) is 11.9 Å². The van der Waals surface area contributed by atoms with Crippen molar-refractivity contribution in [1.82, 2.24) is 10.1 Å². The number of fused-ring (bicyclic) bond motifs is 2. The predicted molar refractivity (Wildman–Crippen MR) is 132 cm³/mol. The highest BCUT2D eigenvalue weighted by Gasteiger charge is 2.36. The van der Waals surface area contributed by atoms with Crippen LogP contribution in [-0.2, 0) is 17.6 Å². The number of hydrogen-bond donors (Lipinski definition) is 2. The lowest BCUT2D eigenvalue weighted by Crippen LogP contribution is -2.43. The van der Waals surface area contributed by atoms with Gasteiger partial charge in [0.1, 0.15) is 17.5 Å². The number of nitrogens with one attached hydrogen (secondary N) is 1. The molecule has 0 saturated carbocycles. The van der Waals surface area contributed by atoms with Gasteiger partial charge in [0.2, 0.25) is 11.8 Å². The van der Waals surface area contributed by atoms with Gasteiger partial charge in [0.25, 0.3) is 5.91 Å². The molecular weight excluding hydrogens is 442 g/mol. The van der Waals surface area contributed by atoms with E-state index in [0.29, 0.717) is 30.5 Å². The Kier molecular flexibility index (Phi) is 5.25. The van der Waals surface area contributed by atoms with E-state index in [9.17, 15) is 14.7 Å². The molecule has 2 heterocycles. The van der Waals surface area contributed by atoms with E-state index in [1.807, 2.05) is 30.3 Å². The van der Waals surface area contributed by atoms with Gasteiger partial charge < -0.3 is 14.5 Å². The summed E-state index contributed by atoms with van der Waals surface area (Å²) in [6, 6.07) is 18.1. The number of hydrogen-bond acceptors (Lipinski definition) is 5. The highest BCUT2D eigenvalue weighted by Crippen LogP contribution is 2.32. The number of rotatable bonds is 4. The van der Waals surface area contributed by atoms with Gasteiger partial charge in [-0.1, -0.05) is 47.6 Å². The number of carbonyl (C=O) groups excluding carboxylic acids is 2. The molecule has 176 valence electrons. The zero-order chi connectivity index (χ0) is 23.9. The van der Waals surface area contributed by atoms with Gasteiger partial charge in [-0.3, -0.25) is 14.9 Å². The molecular formula is C28H25N3O4. The second-order valence-corrected chi connectivity index (χ2v) is 9.24. The number of likely N-dealkylation sites (tertiary alicyclic amines) is 1. The number of anilines is 1. The summed E-state index contributed by atoms with van der Waals surface area (Å²) in [5.41, 5.74) is 4.54. The molecule has 0 bridgehead atoms. The Hall–Kier alpha value is -4.13. The molecule has 4 aromatic rings. The molecule has 0 spiro atoms. The van der Waals surface area contributed by atoms with Crippen LogP contribution in [0.1, 0.15) is 40.7 Å². The molecule has 35 heavy (non-hydrogen) atoms. The lowest BCUT2D eigenvalue weighted by molar-refractivity contribution is -0.119. The minimum absolute atomic E-state index is 0.0617. The van der Waals surface area contributed by atoms with Crippen LogP contribution < -0.4 is 5.32 Å². The van der Waals surface area contributed by atoms with E-state index in [2.05, 4.69) is 22.6 Å². The number of carbonyl (C=O) groups is 2. The number of phenols is 1. The number of aromatic nitrogens is 1. The van der Waals surface area contributed by atoms with E-state index < -0.39 is 6.04 Å². The lowest BCUT2D eigenvalue weighted by Gasteiger charge is -2.24. The maximum absolute atomic E-state index is 13.3. The first-order valence-corrected chi connectivity index (χ1v) is 12.0. The van der Waals surface area contributed by atoms with Gasteiger partial charge in [0.15, 0.2) is 0 Å². The Bertz CT molecular complexity index is 1460. The molecule has 1 fully saturated rings. The van der Waals surface area contributed by atoms with Crippen LogP contribution in [0.3, 0.4) is 0 Å². The molecule has 7 nitrogen and oxygen atoms in total. The Morgan fingerprint density at radius 2 is 1.86 bits per heavy atom. The average Bonchev–Trinajstić information content (AvgIpc) is 3.64. The van der Waals surface area contributed by atoms with Crippen molar-refractivity contribution in [1.29, 1.82) is 0 Å². The normalized spacial score (nSPS) is 17.0. The fourth-order valence-electron chi connectivity index (χ4n) is 5.27. The van der Waals surface area contributed by atoms with E-state index in [1.54, 1.807) is 18.2 Å². The number of aromatic hydroxyl groups is 1. The summed E-state index contributed by atoms with van der Waals surface area (Å²) in [5.74, 6) is -0.498. The summed E-state index contributed by atoms with van der Waals surface area (Å²) in [5, 5.41) is 19.1. The highest BCUT2D eigenvalue weighted by molar-refractivity contribution is 6.06. The Morgan fingerprint density at radius 1 is 1.00 bits per heavy atom. The van der Waals surface area contributed by atoms with Crippen molar-refractivity contribution >= 4 is 28.5 Å². The van der Waals surface area contributed by atoms with Crippen molar-refractivity contribution < 1.29 is 19.2 Å². The third-order valence-corrected chi connectivity index (χ3v) is 7.10. The van der Waals surface area contributed by atoms with Crippen LogP contribution in [0, 0.1) is 0 Å². The number of nitrogens with zero attached hydrogens (tertiary/aromatic N) is 2. The van der Waals surface area contributed by atoms with Crippen LogP contribution in [0.5, 0.6) is 5.75 Å². The van der Waals surface area contributed by atoms with Crippen molar-refractivity contribution in [3.63, 3.8) is 0 Å². The highest BCUT2D eigenvalue weighted by atomic mass is 16.5. The molecule has 1 aliphatic carbocycles. The van der Waals surface area contributed by atoms with Gasteiger partial charge in [0.05, 0.1) is 5.56 Å². The fourth-order valence-corrected chi connectivity index (χ4v) is 5.27. The minimum Gasteiger partial charge on any atom is -0.506 e. The second-order valence-electron chi connectivity index (χ2n) is 9.24. The topological polar surface area (TPSA) is 95.7 Å². The monoisotopic (exact) mass is 467 g/mol. The van der Waals surface area contributed by atoms with Gasteiger partial charge in [-0.15, -0.1) is 0 Å². The first-order valence-electron chi connectivity index (χ1n) is 12.0. The third-order valence-electron chi connectivity index (χ3n) is 7.10. The lowest BCUT2D eigenvalue weighted by atomic mass is 10.0. The summed E-state index contributed by atoms with van der Waals surface area (Å²) in [4.78, 5) is 27.9. The van der Waals surface area contributed by atoms with E-state index in [-0.39, 0.29) is 29.0 Å². The van der Waals surface area contributed by atoms with Crippen molar-refractivity contribution in [3.05, 3.63) is 77.4 Å². The maximum atomic E-state index is 13.3. The average molecular weight is 468 g/mol. The van der Waals surface area contributed by atoms with Crippen molar-refractivity contribution in [2.45, 2.75) is 38.1 Å². The van der Waals surface area contributed by atoms with Crippen LogP contribution in [0.25, 0.3) is 22.0 Å². The number of aryl methyl sites for hydroxylation is 2. The molecule has 7 heteroatoms. The maximum Gasteiger partial charge on any atom is 0.258 e. The zero-order valence-electron chi connectivity index (χ0n) is 19.2. The quantitative estimate of drug-likeness (QED) is 0.444. The summed E-state index contributed by atoms with van der Waals surface area (Å²) >= 11 is 0. The number of amides is 2. The molecule has 1 saturated heterocycles. The van der Waals surface area contributed by atoms with Crippen molar-refractivity contribution in [2.24, 2.45) is 0 Å². The van der Waals surface area contributed by atoms with E-state index in [4.69, 9.17) is 4.52 Å². The van der Waals surface area contributed by atoms with Crippen LogP contribution in [0.2, 0.25) is 0 Å². The second kappa shape index (κ2) is 8.58. The Morgan fingerprint density at radius 3 is 2.77 bits per heavy atom. The summed E-state index contributed by atoms with van der Waals surface area (Å²) in [6.07, 6.45) is 4.60. The fraction of sp³-hybridized carbons (Fsp3) is 0.250. The zero-order valence-corrected chi connectivity index (χ0v) is 19.2. The van der Waals surface area contributed by atoms with Crippen molar-refractivity contribution in [3.8, 4) is 17.0 Å². The van der Waals surface area contributed by atoms with Crippen LogP contribution in [-0.4, -0.2) is 39.6 Å². The largest absolute Gasteiger partial charge is 0.506 e. The van der Waals surface area contributed by atoms with Gasteiger partial charge in [0, 0.05) is 23.6 Å². The molecule has 1 aliphatic heterocycles. The summed E-state index contributed by atoms with van der Waals surface area (Å²) in [7, 11) is 0.